The van der Waals surface area contributed by atoms with Crippen molar-refractivity contribution in [2.24, 2.45) is 0 Å². The van der Waals surface area contributed by atoms with Crippen molar-refractivity contribution in [3.63, 3.8) is 0 Å². The summed E-state index contributed by atoms with van der Waals surface area (Å²) in [5.74, 6) is -0.285. The van der Waals surface area contributed by atoms with Gasteiger partial charge in [0.25, 0.3) is 0 Å². The predicted octanol–water partition coefficient (Wildman–Crippen LogP) is 3.61. The van der Waals surface area contributed by atoms with Crippen LogP contribution in [0.4, 0.5) is 10.8 Å². The predicted molar refractivity (Wildman–Crippen MR) is 135 cm³/mol. The van der Waals surface area contributed by atoms with E-state index in [1.54, 1.807) is 0 Å². The third kappa shape index (κ3) is 4.44. The molecule has 8 nitrogen and oxygen atoms in total. The van der Waals surface area contributed by atoms with Gasteiger partial charge in [0.1, 0.15) is 22.6 Å². The molecule has 0 saturated carbocycles. The number of morpholine rings is 1. The zero-order chi connectivity index (χ0) is 23.7. The summed E-state index contributed by atoms with van der Waals surface area (Å²) in [6.07, 6.45) is 0. The topological polar surface area (TPSA) is 89.3 Å². The summed E-state index contributed by atoms with van der Waals surface area (Å²) in [6, 6.07) is 15.4. The average molecular weight is 476 g/mol. The van der Waals surface area contributed by atoms with Crippen molar-refractivity contribution in [1.29, 1.82) is 0 Å². The fourth-order valence-electron chi connectivity index (χ4n) is 3.96. The SMILES string of the molecule is Cc1ccc(C)c(NC(=O)Cn2c(=O)nc(-c3ccccc3)c3nc(N4CCOCC4)sc32)c1. The third-order valence-corrected chi connectivity index (χ3v) is 6.94. The van der Waals surface area contributed by atoms with Gasteiger partial charge >= 0.3 is 5.69 Å². The van der Waals surface area contributed by atoms with Gasteiger partial charge in [0.05, 0.1) is 13.2 Å². The highest BCUT2D eigenvalue weighted by Gasteiger charge is 2.22. The van der Waals surface area contributed by atoms with E-state index in [1.165, 1.54) is 15.9 Å². The molecule has 3 heterocycles. The molecule has 2 aromatic heterocycles. The van der Waals surface area contributed by atoms with Crippen molar-refractivity contribution in [1.82, 2.24) is 14.5 Å². The fourth-order valence-corrected chi connectivity index (χ4v) is 5.08. The van der Waals surface area contributed by atoms with Gasteiger partial charge in [-0.15, -0.1) is 0 Å². The second kappa shape index (κ2) is 9.36. The molecular weight excluding hydrogens is 450 g/mol. The maximum Gasteiger partial charge on any atom is 0.349 e. The summed E-state index contributed by atoms with van der Waals surface area (Å²) in [5.41, 5.74) is 4.24. The maximum absolute atomic E-state index is 13.1. The first-order valence-corrected chi connectivity index (χ1v) is 12.0. The Morgan fingerprint density at radius 2 is 1.85 bits per heavy atom. The van der Waals surface area contributed by atoms with Crippen LogP contribution in [0, 0.1) is 13.8 Å². The Morgan fingerprint density at radius 3 is 2.62 bits per heavy atom. The highest BCUT2D eigenvalue weighted by molar-refractivity contribution is 7.22. The molecule has 0 radical (unpaired) electrons. The summed E-state index contributed by atoms with van der Waals surface area (Å²) >= 11 is 1.41. The van der Waals surface area contributed by atoms with Crippen molar-refractivity contribution in [2.75, 3.05) is 36.5 Å². The molecule has 2 aromatic carbocycles. The lowest BCUT2D eigenvalue weighted by molar-refractivity contribution is -0.116. The number of nitrogens with zero attached hydrogens (tertiary/aromatic N) is 4. The van der Waals surface area contributed by atoms with Gasteiger partial charge in [-0.1, -0.05) is 53.8 Å². The first-order chi connectivity index (χ1) is 16.5. The molecule has 1 aliphatic rings. The number of aromatic nitrogens is 3. The molecule has 1 amide bonds. The second-order valence-corrected chi connectivity index (χ2v) is 9.27. The Balaban J connectivity index is 1.56. The van der Waals surface area contributed by atoms with E-state index in [-0.39, 0.29) is 12.5 Å². The van der Waals surface area contributed by atoms with Crippen molar-refractivity contribution < 1.29 is 9.53 Å². The highest BCUT2D eigenvalue weighted by atomic mass is 32.1. The molecule has 4 aromatic rings. The molecule has 9 heteroatoms. The van der Waals surface area contributed by atoms with Gasteiger partial charge in [0, 0.05) is 24.3 Å². The van der Waals surface area contributed by atoms with Gasteiger partial charge < -0.3 is 15.0 Å². The molecule has 174 valence electrons. The Hall–Kier alpha value is -3.56. The number of carbonyl (C=O) groups is 1. The quantitative estimate of drug-likeness (QED) is 0.474. The number of benzene rings is 2. The number of ether oxygens (including phenoxy) is 1. The molecule has 0 spiro atoms. The Kier molecular flexibility index (Phi) is 6.12. The van der Waals surface area contributed by atoms with Crippen molar-refractivity contribution in [3.8, 4) is 11.3 Å². The fraction of sp³-hybridized carbons (Fsp3) is 0.280. The van der Waals surface area contributed by atoms with Crippen molar-refractivity contribution in [2.45, 2.75) is 20.4 Å². The first kappa shape index (κ1) is 22.2. The normalized spacial score (nSPS) is 13.9. The average Bonchev–Trinajstić information content (AvgIpc) is 3.30. The van der Waals surface area contributed by atoms with Crippen molar-refractivity contribution in [3.05, 3.63) is 70.1 Å². The van der Waals surface area contributed by atoms with Crippen LogP contribution >= 0.6 is 11.3 Å². The Bertz CT molecular complexity index is 1410. The van der Waals surface area contributed by atoms with Crippen LogP contribution in [0.2, 0.25) is 0 Å². The number of hydrogen-bond acceptors (Lipinski definition) is 7. The van der Waals surface area contributed by atoms with Gasteiger partial charge in [-0.2, -0.15) is 4.98 Å². The molecule has 1 saturated heterocycles. The van der Waals surface area contributed by atoms with E-state index in [0.29, 0.717) is 29.3 Å². The summed E-state index contributed by atoms with van der Waals surface area (Å²) in [5, 5.41) is 3.74. The van der Waals surface area contributed by atoms with Crippen LogP contribution in [0.5, 0.6) is 0 Å². The number of amides is 1. The minimum Gasteiger partial charge on any atom is -0.378 e. The number of hydrogen-bond donors (Lipinski definition) is 1. The van der Waals surface area contributed by atoms with Gasteiger partial charge in [-0.3, -0.25) is 9.36 Å². The number of nitrogens with one attached hydrogen (secondary N) is 1. The highest BCUT2D eigenvalue weighted by Crippen LogP contribution is 2.33. The summed E-state index contributed by atoms with van der Waals surface area (Å²) in [6.45, 7) is 6.48. The van der Waals surface area contributed by atoms with Gasteiger partial charge in [-0.05, 0) is 31.0 Å². The lowest BCUT2D eigenvalue weighted by atomic mass is 10.1. The molecule has 1 N–H and O–H groups in total. The lowest BCUT2D eigenvalue weighted by Gasteiger charge is -2.25. The number of thiazole rings is 1. The Morgan fingerprint density at radius 1 is 1.09 bits per heavy atom. The third-order valence-electron chi connectivity index (χ3n) is 5.80. The number of aryl methyl sites for hydroxylation is 2. The molecule has 34 heavy (non-hydrogen) atoms. The molecule has 0 unspecified atom stereocenters. The van der Waals surface area contributed by atoms with E-state index in [4.69, 9.17) is 9.72 Å². The lowest BCUT2D eigenvalue weighted by Crippen LogP contribution is -2.36. The van der Waals surface area contributed by atoms with Crippen LogP contribution in [0.3, 0.4) is 0 Å². The summed E-state index contributed by atoms with van der Waals surface area (Å²) < 4.78 is 6.89. The molecule has 1 fully saturated rings. The molecule has 0 atom stereocenters. The monoisotopic (exact) mass is 475 g/mol. The zero-order valence-corrected chi connectivity index (χ0v) is 19.9. The molecule has 0 aliphatic carbocycles. The van der Waals surface area contributed by atoms with Gasteiger partial charge in [-0.25, -0.2) is 9.78 Å². The minimum atomic E-state index is -0.473. The largest absolute Gasteiger partial charge is 0.378 e. The smallest absolute Gasteiger partial charge is 0.349 e. The standard InChI is InChI=1S/C25H25N5O3S/c1-16-8-9-17(2)19(14-16)26-20(31)15-30-23-22(28-25(34-23)29-10-12-33-13-11-29)21(27-24(30)32)18-6-4-3-5-7-18/h3-9,14H,10-13,15H2,1-2H3,(H,26,31). The first-order valence-electron chi connectivity index (χ1n) is 11.2. The van der Waals surface area contributed by atoms with Gasteiger partial charge in [0.2, 0.25) is 5.91 Å². The van der Waals surface area contributed by atoms with Crippen LogP contribution in [0.25, 0.3) is 21.6 Å². The van der Waals surface area contributed by atoms with E-state index in [2.05, 4.69) is 15.2 Å². The summed E-state index contributed by atoms with van der Waals surface area (Å²) in [7, 11) is 0. The summed E-state index contributed by atoms with van der Waals surface area (Å²) in [4.78, 5) is 38.1. The van der Waals surface area contributed by atoms with E-state index >= 15 is 0 Å². The van der Waals surface area contributed by atoms with Crippen LogP contribution in [-0.4, -0.2) is 46.7 Å². The molecule has 5 rings (SSSR count). The van der Waals surface area contributed by atoms with Crippen LogP contribution < -0.4 is 15.9 Å². The van der Waals surface area contributed by atoms with Crippen LogP contribution in [0.1, 0.15) is 11.1 Å². The van der Waals surface area contributed by atoms with E-state index in [9.17, 15) is 9.59 Å². The number of fused-ring (bicyclic) bond motifs is 1. The molecule has 1 aliphatic heterocycles. The van der Waals surface area contributed by atoms with E-state index < -0.39 is 5.69 Å². The van der Waals surface area contributed by atoms with Crippen LogP contribution in [-0.2, 0) is 16.1 Å². The van der Waals surface area contributed by atoms with Gasteiger partial charge in [0.15, 0.2) is 5.13 Å². The zero-order valence-electron chi connectivity index (χ0n) is 19.1. The number of rotatable bonds is 5. The van der Waals surface area contributed by atoms with Crippen LogP contribution in [0.15, 0.2) is 53.3 Å². The number of carbonyl (C=O) groups excluding carboxylic acids is 1. The minimum absolute atomic E-state index is 0.143. The molecule has 0 bridgehead atoms. The maximum atomic E-state index is 13.1. The Labute approximate surface area is 200 Å². The number of anilines is 2. The van der Waals surface area contributed by atoms with E-state index in [0.717, 1.165) is 40.6 Å². The second-order valence-electron chi connectivity index (χ2n) is 8.31. The molecular formula is C25H25N5O3S. The van der Waals surface area contributed by atoms with Crippen molar-refractivity contribution >= 4 is 38.4 Å². The van der Waals surface area contributed by atoms with E-state index in [1.807, 2.05) is 62.4 Å².